The highest BCUT2D eigenvalue weighted by Crippen LogP contribution is 2.21. The van der Waals surface area contributed by atoms with Crippen LogP contribution in [-0.2, 0) is 0 Å². The third kappa shape index (κ3) is 5.05. The third-order valence-corrected chi connectivity index (χ3v) is 2.99. The zero-order valence-electron chi connectivity index (χ0n) is 11.4. The molecule has 1 rings (SSSR count). The van der Waals surface area contributed by atoms with Gasteiger partial charge < -0.3 is 10.5 Å². The Balaban J connectivity index is 2.34. The number of halogens is 1. The second-order valence-corrected chi connectivity index (χ2v) is 4.74. The number of ether oxygens (including phenoxy) is 1. The van der Waals surface area contributed by atoms with Crippen LogP contribution in [0.3, 0.4) is 0 Å². The van der Waals surface area contributed by atoms with E-state index in [9.17, 15) is 4.39 Å². The van der Waals surface area contributed by atoms with Crippen molar-refractivity contribution in [3.63, 3.8) is 0 Å². The Hall–Kier alpha value is -1.09. The summed E-state index contributed by atoms with van der Waals surface area (Å²) in [5.41, 5.74) is 6.49. The fraction of sp³-hybridized carbons (Fsp3) is 0.600. The molecule has 0 saturated carbocycles. The van der Waals surface area contributed by atoms with E-state index in [1.807, 2.05) is 13.0 Å². The number of hydrogen-bond acceptors (Lipinski definition) is 2. The van der Waals surface area contributed by atoms with Gasteiger partial charge in [-0.3, -0.25) is 0 Å². The molecule has 0 aliphatic rings. The van der Waals surface area contributed by atoms with E-state index in [-0.39, 0.29) is 11.9 Å². The SMILES string of the molecule is CCCCCCCOc1ccc([C@H](C)N)cc1F. The molecule has 0 amide bonds. The summed E-state index contributed by atoms with van der Waals surface area (Å²) >= 11 is 0. The van der Waals surface area contributed by atoms with E-state index in [1.165, 1.54) is 25.3 Å². The molecule has 2 N–H and O–H groups in total. The van der Waals surface area contributed by atoms with Gasteiger partial charge in [-0.1, -0.05) is 38.7 Å². The van der Waals surface area contributed by atoms with Crippen LogP contribution in [0.4, 0.5) is 4.39 Å². The van der Waals surface area contributed by atoms with Crippen molar-refractivity contribution in [3.05, 3.63) is 29.6 Å². The van der Waals surface area contributed by atoms with Gasteiger partial charge in [-0.15, -0.1) is 0 Å². The van der Waals surface area contributed by atoms with Gasteiger partial charge in [0.05, 0.1) is 6.61 Å². The molecule has 0 saturated heterocycles. The van der Waals surface area contributed by atoms with Crippen LogP contribution in [0.1, 0.15) is 57.6 Å². The van der Waals surface area contributed by atoms with E-state index < -0.39 is 0 Å². The molecule has 0 radical (unpaired) electrons. The Morgan fingerprint density at radius 2 is 1.94 bits per heavy atom. The fourth-order valence-electron chi connectivity index (χ4n) is 1.81. The quantitative estimate of drug-likeness (QED) is 0.705. The molecule has 0 spiro atoms. The van der Waals surface area contributed by atoms with Gasteiger partial charge in [0.25, 0.3) is 0 Å². The van der Waals surface area contributed by atoms with E-state index in [0.717, 1.165) is 18.4 Å². The maximum absolute atomic E-state index is 13.7. The van der Waals surface area contributed by atoms with E-state index in [4.69, 9.17) is 10.5 Å². The molecule has 0 fully saturated rings. The summed E-state index contributed by atoms with van der Waals surface area (Å²) in [6, 6.07) is 4.79. The minimum atomic E-state index is -0.321. The Morgan fingerprint density at radius 1 is 1.22 bits per heavy atom. The maximum Gasteiger partial charge on any atom is 0.165 e. The highest BCUT2D eigenvalue weighted by atomic mass is 19.1. The molecule has 3 heteroatoms. The molecule has 1 aromatic rings. The molecule has 18 heavy (non-hydrogen) atoms. The van der Waals surface area contributed by atoms with Crippen LogP contribution in [0, 0.1) is 5.82 Å². The number of benzene rings is 1. The van der Waals surface area contributed by atoms with Crippen molar-refractivity contribution in [2.24, 2.45) is 5.73 Å². The minimum absolute atomic E-state index is 0.150. The lowest BCUT2D eigenvalue weighted by molar-refractivity contribution is 0.290. The van der Waals surface area contributed by atoms with Gasteiger partial charge in [0.1, 0.15) is 0 Å². The van der Waals surface area contributed by atoms with Crippen LogP contribution in [0.15, 0.2) is 18.2 Å². The molecule has 2 nitrogen and oxygen atoms in total. The summed E-state index contributed by atoms with van der Waals surface area (Å²) in [5, 5.41) is 0. The van der Waals surface area contributed by atoms with Crippen molar-refractivity contribution in [2.75, 3.05) is 6.61 Å². The Labute approximate surface area is 109 Å². The molecule has 0 heterocycles. The molecular formula is C15H24FNO. The second kappa shape index (κ2) is 8.09. The van der Waals surface area contributed by atoms with Crippen LogP contribution in [-0.4, -0.2) is 6.61 Å². The van der Waals surface area contributed by atoms with E-state index in [0.29, 0.717) is 12.4 Å². The second-order valence-electron chi connectivity index (χ2n) is 4.74. The smallest absolute Gasteiger partial charge is 0.165 e. The van der Waals surface area contributed by atoms with Gasteiger partial charge in [0.15, 0.2) is 11.6 Å². The summed E-state index contributed by atoms with van der Waals surface area (Å²) < 4.78 is 19.1. The van der Waals surface area contributed by atoms with Crippen LogP contribution >= 0.6 is 0 Å². The van der Waals surface area contributed by atoms with E-state index in [2.05, 4.69) is 6.92 Å². The van der Waals surface area contributed by atoms with Crippen molar-refractivity contribution in [1.29, 1.82) is 0 Å². The fourth-order valence-corrected chi connectivity index (χ4v) is 1.81. The summed E-state index contributed by atoms with van der Waals surface area (Å²) in [7, 11) is 0. The van der Waals surface area contributed by atoms with Gasteiger partial charge in [0, 0.05) is 6.04 Å². The third-order valence-electron chi connectivity index (χ3n) is 2.99. The first-order chi connectivity index (χ1) is 8.65. The molecule has 0 aliphatic heterocycles. The number of nitrogens with two attached hydrogens (primary N) is 1. The monoisotopic (exact) mass is 253 g/mol. The maximum atomic E-state index is 13.7. The van der Waals surface area contributed by atoms with Gasteiger partial charge in [-0.2, -0.15) is 0 Å². The Morgan fingerprint density at radius 3 is 2.56 bits per heavy atom. The van der Waals surface area contributed by atoms with Crippen molar-refractivity contribution in [3.8, 4) is 5.75 Å². The van der Waals surface area contributed by atoms with Crippen molar-refractivity contribution >= 4 is 0 Å². The largest absolute Gasteiger partial charge is 0.491 e. The minimum Gasteiger partial charge on any atom is -0.491 e. The van der Waals surface area contributed by atoms with Crippen LogP contribution in [0.5, 0.6) is 5.75 Å². The van der Waals surface area contributed by atoms with Gasteiger partial charge in [0.2, 0.25) is 0 Å². The highest BCUT2D eigenvalue weighted by molar-refractivity contribution is 5.30. The topological polar surface area (TPSA) is 35.2 Å². The summed E-state index contributed by atoms with van der Waals surface area (Å²) in [6.45, 7) is 4.60. The molecule has 1 atom stereocenters. The van der Waals surface area contributed by atoms with E-state index in [1.54, 1.807) is 6.07 Å². The predicted molar refractivity (Wildman–Crippen MR) is 73.3 cm³/mol. The first kappa shape index (κ1) is 15.0. The molecule has 1 aromatic carbocycles. The highest BCUT2D eigenvalue weighted by Gasteiger charge is 2.06. The van der Waals surface area contributed by atoms with Gasteiger partial charge >= 0.3 is 0 Å². The van der Waals surface area contributed by atoms with Crippen molar-refractivity contribution < 1.29 is 9.13 Å². The first-order valence-electron chi connectivity index (χ1n) is 6.83. The lowest BCUT2D eigenvalue weighted by atomic mass is 10.1. The number of rotatable bonds is 8. The molecule has 0 unspecified atom stereocenters. The zero-order valence-corrected chi connectivity index (χ0v) is 11.4. The summed E-state index contributed by atoms with van der Waals surface area (Å²) in [6.07, 6.45) is 5.85. The van der Waals surface area contributed by atoms with E-state index >= 15 is 0 Å². The van der Waals surface area contributed by atoms with Crippen molar-refractivity contribution in [2.45, 2.75) is 52.0 Å². The lowest BCUT2D eigenvalue weighted by Gasteiger charge is -2.10. The molecule has 102 valence electrons. The Bertz CT molecular complexity index is 352. The molecule has 0 aliphatic carbocycles. The first-order valence-corrected chi connectivity index (χ1v) is 6.83. The zero-order chi connectivity index (χ0) is 13.4. The molecular weight excluding hydrogens is 229 g/mol. The summed E-state index contributed by atoms with van der Waals surface area (Å²) in [4.78, 5) is 0. The van der Waals surface area contributed by atoms with Crippen LogP contribution < -0.4 is 10.5 Å². The van der Waals surface area contributed by atoms with Crippen molar-refractivity contribution in [1.82, 2.24) is 0 Å². The number of hydrogen-bond donors (Lipinski definition) is 1. The normalized spacial score (nSPS) is 12.4. The molecule has 0 bridgehead atoms. The van der Waals surface area contributed by atoms with Gasteiger partial charge in [-0.05, 0) is 31.0 Å². The average Bonchev–Trinajstić information content (AvgIpc) is 2.35. The predicted octanol–water partition coefficient (Wildman–Crippen LogP) is 4.19. The standard InChI is InChI=1S/C15H24FNO/c1-3-4-5-6-7-10-18-15-9-8-13(12(2)17)11-14(15)16/h8-9,11-12H,3-7,10,17H2,1-2H3/t12-/m0/s1. The van der Waals surface area contributed by atoms with Gasteiger partial charge in [-0.25, -0.2) is 4.39 Å². The lowest BCUT2D eigenvalue weighted by Crippen LogP contribution is -2.06. The number of unbranched alkanes of at least 4 members (excludes halogenated alkanes) is 4. The molecule has 0 aromatic heterocycles. The van der Waals surface area contributed by atoms with Crippen LogP contribution in [0.2, 0.25) is 0 Å². The average molecular weight is 253 g/mol. The Kier molecular flexibility index (Phi) is 6.73. The van der Waals surface area contributed by atoms with Crippen LogP contribution in [0.25, 0.3) is 0 Å². The summed E-state index contributed by atoms with van der Waals surface area (Å²) in [5.74, 6) is 0.00764.